The topological polar surface area (TPSA) is 39.1 Å². The van der Waals surface area contributed by atoms with Crippen LogP contribution in [0.1, 0.15) is 20.7 Å². The Bertz CT molecular complexity index is 853. The van der Waals surface area contributed by atoms with Crippen LogP contribution in [0.5, 0.6) is 0 Å². The zero-order valence-electron chi connectivity index (χ0n) is 10.7. The number of carbonyl (C=O) groups is 2. The molecule has 21 heavy (non-hydrogen) atoms. The second kappa shape index (κ2) is 5.61. The molecule has 3 rings (SSSR count). The van der Waals surface area contributed by atoms with Crippen LogP contribution in [0.4, 0.5) is 0 Å². The van der Waals surface area contributed by atoms with Gasteiger partial charge in [-0.1, -0.05) is 17.7 Å². The Hall–Kier alpha value is -1.66. The van der Waals surface area contributed by atoms with Crippen molar-refractivity contribution in [2.24, 2.45) is 0 Å². The molecule has 5 heteroatoms. The zero-order chi connectivity index (χ0) is 15.0. The van der Waals surface area contributed by atoms with Gasteiger partial charge in [0.2, 0.25) is 0 Å². The van der Waals surface area contributed by atoms with Gasteiger partial charge in [-0.15, -0.1) is 0 Å². The Morgan fingerprint density at radius 1 is 1.14 bits per heavy atom. The van der Waals surface area contributed by atoms with Crippen LogP contribution in [0.3, 0.4) is 0 Å². The summed E-state index contributed by atoms with van der Waals surface area (Å²) in [5.41, 5.74) is 1.76. The van der Waals surface area contributed by atoms with Crippen LogP contribution in [0.25, 0.3) is 10.9 Å². The van der Waals surface area contributed by atoms with Crippen LogP contribution in [-0.2, 0) is 0 Å². The summed E-state index contributed by atoms with van der Waals surface area (Å²) >= 11 is 8.00. The van der Waals surface area contributed by atoms with E-state index in [2.05, 4.69) is 22.6 Å². The first kappa shape index (κ1) is 14.3. The Kier molecular flexibility index (Phi) is 3.82. The Balaban J connectivity index is 2.21. The molecule has 0 saturated heterocycles. The molecule has 1 aromatic heterocycles. The lowest BCUT2D eigenvalue weighted by Crippen LogP contribution is -2.10. The number of rotatable bonds is 2. The van der Waals surface area contributed by atoms with Gasteiger partial charge in [-0.05, 0) is 59.0 Å². The number of carbonyl (C=O) groups excluding carboxylic acids is 2. The first-order valence-electron chi connectivity index (χ1n) is 6.17. The second-order valence-corrected chi connectivity index (χ2v) is 6.12. The monoisotopic (exact) mass is 409 g/mol. The highest BCUT2D eigenvalue weighted by Gasteiger charge is 2.16. The molecule has 0 aliphatic carbocycles. The SMILES string of the molecule is O=Cc1cn(C(=O)c2ccc(Cl)cc2)c2cccc(I)c12. The van der Waals surface area contributed by atoms with E-state index in [0.717, 1.165) is 20.8 Å². The van der Waals surface area contributed by atoms with Crippen molar-refractivity contribution in [3.05, 3.63) is 68.4 Å². The van der Waals surface area contributed by atoms with Crippen molar-refractivity contribution < 1.29 is 9.59 Å². The normalized spacial score (nSPS) is 10.8. The quantitative estimate of drug-likeness (QED) is 0.465. The van der Waals surface area contributed by atoms with E-state index in [4.69, 9.17) is 11.6 Å². The molecule has 0 aliphatic heterocycles. The van der Waals surface area contributed by atoms with Crippen LogP contribution in [-0.4, -0.2) is 16.8 Å². The molecule has 104 valence electrons. The molecule has 0 radical (unpaired) electrons. The Morgan fingerprint density at radius 3 is 2.52 bits per heavy atom. The lowest BCUT2D eigenvalue weighted by molar-refractivity contribution is 0.0965. The molecule has 2 aromatic carbocycles. The third-order valence-corrected chi connectivity index (χ3v) is 4.40. The van der Waals surface area contributed by atoms with Gasteiger partial charge in [0.15, 0.2) is 6.29 Å². The summed E-state index contributed by atoms with van der Waals surface area (Å²) in [7, 11) is 0. The summed E-state index contributed by atoms with van der Waals surface area (Å²) in [6, 6.07) is 12.3. The lowest BCUT2D eigenvalue weighted by Gasteiger charge is -2.04. The highest BCUT2D eigenvalue weighted by molar-refractivity contribution is 14.1. The predicted molar refractivity (Wildman–Crippen MR) is 91.2 cm³/mol. The number of benzene rings is 2. The first-order valence-corrected chi connectivity index (χ1v) is 7.62. The molecule has 0 amide bonds. The lowest BCUT2D eigenvalue weighted by atomic mass is 10.2. The number of hydrogen-bond donors (Lipinski definition) is 0. The van der Waals surface area contributed by atoms with E-state index in [-0.39, 0.29) is 5.91 Å². The summed E-state index contributed by atoms with van der Waals surface area (Å²) in [5.74, 6) is -0.188. The maximum Gasteiger partial charge on any atom is 0.262 e. The van der Waals surface area contributed by atoms with Crippen LogP contribution < -0.4 is 0 Å². The van der Waals surface area contributed by atoms with Gasteiger partial charge in [-0.3, -0.25) is 14.2 Å². The standard InChI is InChI=1S/C16H9ClINO2/c17-12-6-4-10(5-7-12)16(21)19-8-11(9-20)15-13(18)2-1-3-14(15)19/h1-9H. The molecule has 0 bridgehead atoms. The molecule has 0 unspecified atom stereocenters. The molecule has 1 heterocycles. The third kappa shape index (κ3) is 2.49. The van der Waals surface area contributed by atoms with E-state index in [1.54, 1.807) is 30.5 Å². The molecule has 0 atom stereocenters. The van der Waals surface area contributed by atoms with E-state index in [1.165, 1.54) is 4.57 Å². The second-order valence-electron chi connectivity index (χ2n) is 4.52. The molecule has 0 fully saturated rings. The third-order valence-electron chi connectivity index (χ3n) is 3.24. The maximum absolute atomic E-state index is 12.6. The van der Waals surface area contributed by atoms with E-state index in [0.29, 0.717) is 16.1 Å². The number of fused-ring (bicyclic) bond motifs is 1. The largest absolute Gasteiger partial charge is 0.298 e. The number of aromatic nitrogens is 1. The number of aldehydes is 1. The van der Waals surface area contributed by atoms with Crippen molar-refractivity contribution in [1.82, 2.24) is 4.57 Å². The molecular weight excluding hydrogens is 401 g/mol. The van der Waals surface area contributed by atoms with Gasteiger partial charge in [-0.25, -0.2) is 0 Å². The minimum atomic E-state index is -0.188. The molecule has 3 aromatic rings. The number of halogens is 2. The van der Waals surface area contributed by atoms with Crippen molar-refractivity contribution in [1.29, 1.82) is 0 Å². The molecule has 3 nitrogen and oxygen atoms in total. The fourth-order valence-corrected chi connectivity index (χ4v) is 3.18. The van der Waals surface area contributed by atoms with Crippen molar-refractivity contribution in [3.8, 4) is 0 Å². The van der Waals surface area contributed by atoms with E-state index in [1.807, 2.05) is 18.2 Å². The van der Waals surface area contributed by atoms with Gasteiger partial charge in [0.25, 0.3) is 5.91 Å². The predicted octanol–water partition coefficient (Wildman–Crippen LogP) is 4.40. The van der Waals surface area contributed by atoms with E-state index >= 15 is 0 Å². The average Bonchev–Trinajstić information content (AvgIpc) is 2.87. The van der Waals surface area contributed by atoms with Crippen LogP contribution >= 0.6 is 34.2 Å². The van der Waals surface area contributed by atoms with Gasteiger partial charge < -0.3 is 0 Å². The fourth-order valence-electron chi connectivity index (χ4n) is 2.26. The van der Waals surface area contributed by atoms with Crippen molar-refractivity contribution in [2.45, 2.75) is 0 Å². The van der Waals surface area contributed by atoms with E-state index in [9.17, 15) is 9.59 Å². The molecular formula is C16H9ClINO2. The summed E-state index contributed by atoms with van der Waals surface area (Å²) in [5, 5.41) is 1.38. The summed E-state index contributed by atoms with van der Waals surface area (Å²) < 4.78 is 2.44. The summed E-state index contributed by atoms with van der Waals surface area (Å²) in [4.78, 5) is 23.9. The fraction of sp³-hybridized carbons (Fsp3) is 0. The van der Waals surface area contributed by atoms with Crippen molar-refractivity contribution in [2.75, 3.05) is 0 Å². The van der Waals surface area contributed by atoms with Crippen molar-refractivity contribution >= 4 is 57.3 Å². The maximum atomic E-state index is 12.6. The van der Waals surface area contributed by atoms with Gasteiger partial charge in [0.05, 0.1) is 5.52 Å². The van der Waals surface area contributed by atoms with Crippen molar-refractivity contribution in [3.63, 3.8) is 0 Å². The number of hydrogen-bond acceptors (Lipinski definition) is 2. The van der Waals surface area contributed by atoms with E-state index < -0.39 is 0 Å². The summed E-state index contributed by atoms with van der Waals surface area (Å²) in [6.07, 6.45) is 2.35. The van der Waals surface area contributed by atoms with Crippen LogP contribution in [0.2, 0.25) is 5.02 Å². The van der Waals surface area contributed by atoms with Gasteiger partial charge in [0.1, 0.15) is 0 Å². The highest BCUT2D eigenvalue weighted by Crippen LogP contribution is 2.26. The smallest absolute Gasteiger partial charge is 0.262 e. The van der Waals surface area contributed by atoms with Gasteiger partial charge >= 0.3 is 0 Å². The van der Waals surface area contributed by atoms with Gasteiger partial charge in [-0.2, -0.15) is 0 Å². The minimum absolute atomic E-state index is 0.188. The average molecular weight is 410 g/mol. The molecule has 0 N–H and O–H groups in total. The highest BCUT2D eigenvalue weighted by atomic mass is 127. The molecule has 0 saturated carbocycles. The minimum Gasteiger partial charge on any atom is -0.298 e. The van der Waals surface area contributed by atoms with Crippen LogP contribution in [0.15, 0.2) is 48.7 Å². The van der Waals surface area contributed by atoms with Crippen LogP contribution in [0, 0.1) is 3.57 Å². The Labute approximate surface area is 139 Å². The van der Waals surface area contributed by atoms with Gasteiger partial charge in [0, 0.05) is 31.3 Å². The molecule has 0 aliphatic rings. The number of nitrogens with zero attached hydrogens (tertiary/aromatic N) is 1. The zero-order valence-corrected chi connectivity index (χ0v) is 13.6. The first-order chi connectivity index (χ1) is 10.1. The molecule has 0 spiro atoms. The summed E-state index contributed by atoms with van der Waals surface area (Å²) in [6.45, 7) is 0. The Morgan fingerprint density at radius 2 is 1.86 bits per heavy atom.